The molecule has 2 aromatic heterocycles. The van der Waals surface area contributed by atoms with Crippen molar-refractivity contribution in [2.24, 2.45) is 0 Å². The zero-order valence-electron chi connectivity index (χ0n) is 16.7. The summed E-state index contributed by atoms with van der Waals surface area (Å²) in [5.74, 6) is 0.467. The summed E-state index contributed by atoms with van der Waals surface area (Å²) < 4.78 is 0. The maximum atomic E-state index is 4.83. The van der Waals surface area contributed by atoms with E-state index in [1.165, 1.54) is 44.2 Å². The van der Waals surface area contributed by atoms with Crippen molar-refractivity contribution < 1.29 is 0 Å². The van der Waals surface area contributed by atoms with Crippen molar-refractivity contribution in [3.63, 3.8) is 0 Å². The second-order valence-corrected chi connectivity index (χ2v) is 8.15. The molecule has 138 valence electrons. The lowest BCUT2D eigenvalue weighted by Crippen LogP contribution is -2.09. The number of aryl methyl sites for hydroxylation is 2. The maximum absolute atomic E-state index is 4.83. The number of nitrogens with zero attached hydrogens (tertiary/aromatic N) is 2. The Bertz CT molecular complexity index is 1200. The van der Waals surface area contributed by atoms with Gasteiger partial charge >= 0.3 is 0 Å². The van der Waals surface area contributed by atoms with E-state index in [0.717, 1.165) is 24.2 Å². The zero-order valence-corrected chi connectivity index (χ0v) is 16.7. The molecule has 0 fully saturated rings. The van der Waals surface area contributed by atoms with Crippen LogP contribution in [0, 0.1) is 6.92 Å². The van der Waals surface area contributed by atoms with Crippen LogP contribution in [-0.4, -0.2) is 9.97 Å². The van der Waals surface area contributed by atoms with Crippen LogP contribution in [0.25, 0.3) is 33.3 Å². The minimum Gasteiger partial charge on any atom is -0.256 e. The van der Waals surface area contributed by atoms with E-state index in [-0.39, 0.29) is 0 Å². The van der Waals surface area contributed by atoms with Crippen LogP contribution in [0.5, 0.6) is 0 Å². The molecule has 0 N–H and O–H groups in total. The Morgan fingerprint density at radius 1 is 0.893 bits per heavy atom. The molecule has 4 aromatic rings. The van der Waals surface area contributed by atoms with Crippen LogP contribution in [-0.2, 0) is 12.8 Å². The fourth-order valence-corrected chi connectivity index (χ4v) is 4.49. The van der Waals surface area contributed by atoms with E-state index in [2.05, 4.69) is 69.3 Å². The number of rotatable bonds is 2. The summed E-state index contributed by atoms with van der Waals surface area (Å²) in [6, 6.07) is 17.7. The molecular weight excluding hydrogens is 340 g/mol. The van der Waals surface area contributed by atoms with E-state index in [0.29, 0.717) is 5.92 Å². The first-order valence-electron chi connectivity index (χ1n) is 10.1. The molecule has 0 atom stereocenters. The maximum Gasteiger partial charge on any atom is 0.0741 e. The highest BCUT2D eigenvalue weighted by atomic mass is 14.7. The molecule has 2 heteroatoms. The number of aromatic nitrogens is 2. The molecule has 5 rings (SSSR count). The van der Waals surface area contributed by atoms with Crippen LogP contribution in [0.1, 0.15) is 42.0 Å². The monoisotopic (exact) mass is 364 g/mol. The SMILES string of the molecule is Cc1cnc2c(c1)CCc1c-2ccnc1-c1cc(C(C)C)c2ccccc2c1. The van der Waals surface area contributed by atoms with E-state index in [1.54, 1.807) is 0 Å². The fourth-order valence-electron chi connectivity index (χ4n) is 4.49. The van der Waals surface area contributed by atoms with Crippen LogP contribution in [0.15, 0.2) is 60.9 Å². The van der Waals surface area contributed by atoms with Crippen molar-refractivity contribution in [3.05, 3.63) is 83.2 Å². The topological polar surface area (TPSA) is 25.8 Å². The van der Waals surface area contributed by atoms with Gasteiger partial charge in [0.2, 0.25) is 0 Å². The minimum absolute atomic E-state index is 0.467. The van der Waals surface area contributed by atoms with Crippen LogP contribution >= 0.6 is 0 Å². The van der Waals surface area contributed by atoms with Gasteiger partial charge in [-0.3, -0.25) is 9.97 Å². The number of benzene rings is 2. The number of hydrogen-bond donors (Lipinski definition) is 0. The molecule has 0 radical (unpaired) electrons. The van der Waals surface area contributed by atoms with Gasteiger partial charge in [0.1, 0.15) is 0 Å². The van der Waals surface area contributed by atoms with Crippen molar-refractivity contribution in [1.82, 2.24) is 9.97 Å². The Morgan fingerprint density at radius 3 is 2.61 bits per heavy atom. The number of pyridine rings is 2. The first kappa shape index (κ1) is 17.1. The molecule has 28 heavy (non-hydrogen) atoms. The van der Waals surface area contributed by atoms with E-state index in [9.17, 15) is 0 Å². The Kier molecular flexibility index (Phi) is 4.01. The molecule has 0 amide bonds. The molecule has 0 bridgehead atoms. The molecule has 0 aliphatic heterocycles. The summed E-state index contributed by atoms with van der Waals surface area (Å²) in [5, 5.41) is 2.63. The summed E-state index contributed by atoms with van der Waals surface area (Å²) in [4.78, 5) is 9.60. The highest BCUT2D eigenvalue weighted by molar-refractivity contribution is 5.91. The van der Waals surface area contributed by atoms with E-state index < -0.39 is 0 Å². The molecule has 0 saturated heterocycles. The highest BCUT2D eigenvalue weighted by Crippen LogP contribution is 2.38. The largest absolute Gasteiger partial charge is 0.256 e. The Balaban J connectivity index is 1.74. The van der Waals surface area contributed by atoms with Crippen molar-refractivity contribution >= 4 is 10.8 Å². The Morgan fingerprint density at radius 2 is 1.75 bits per heavy atom. The van der Waals surface area contributed by atoms with Gasteiger partial charge in [-0.15, -0.1) is 0 Å². The average molecular weight is 364 g/mol. The lowest BCUT2D eigenvalue weighted by atomic mass is 9.85. The van der Waals surface area contributed by atoms with Crippen molar-refractivity contribution in [2.75, 3.05) is 0 Å². The minimum atomic E-state index is 0.467. The van der Waals surface area contributed by atoms with Gasteiger partial charge in [-0.25, -0.2) is 0 Å². The quantitative estimate of drug-likeness (QED) is 0.406. The van der Waals surface area contributed by atoms with Crippen LogP contribution in [0.3, 0.4) is 0 Å². The van der Waals surface area contributed by atoms with Gasteiger partial charge in [-0.2, -0.15) is 0 Å². The summed E-state index contributed by atoms with van der Waals surface area (Å²) in [6.07, 6.45) is 5.96. The molecule has 2 aromatic carbocycles. The van der Waals surface area contributed by atoms with Gasteiger partial charge in [0, 0.05) is 23.5 Å². The molecule has 2 nitrogen and oxygen atoms in total. The molecule has 1 aliphatic rings. The van der Waals surface area contributed by atoms with Crippen LogP contribution < -0.4 is 0 Å². The highest BCUT2D eigenvalue weighted by Gasteiger charge is 2.22. The van der Waals surface area contributed by atoms with Gasteiger partial charge in [0.15, 0.2) is 0 Å². The Hall–Kier alpha value is -3.00. The lowest BCUT2D eigenvalue weighted by Gasteiger charge is -2.22. The van der Waals surface area contributed by atoms with Gasteiger partial charge < -0.3 is 0 Å². The average Bonchev–Trinajstić information content (AvgIpc) is 2.72. The third kappa shape index (κ3) is 2.72. The van der Waals surface area contributed by atoms with Gasteiger partial charge in [-0.05, 0) is 76.9 Å². The van der Waals surface area contributed by atoms with Crippen molar-refractivity contribution in [2.45, 2.75) is 39.5 Å². The Labute approximate surface area is 166 Å². The normalized spacial score (nSPS) is 12.9. The van der Waals surface area contributed by atoms with Gasteiger partial charge in [-0.1, -0.05) is 44.2 Å². The summed E-state index contributed by atoms with van der Waals surface area (Å²) in [5.41, 5.74) is 9.99. The molecule has 0 saturated carbocycles. The van der Waals surface area contributed by atoms with Gasteiger partial charge in [0.25, 0.3) is 0 Å². The van der Waals surface area contributed by atoms with E-state index in [4.69, 9.17) is 9.97 Å². The van der Waals surface area contributed by atoms with Gasteiger partial charge in [0.05, 0.1) is 11.4 Å². The number of fused-ring (bicyclic) bond motifs is 4. The fraction of sp³-hybridized carbons (Fsp3) is 0.231. The summed E-state index contributed by atoms with van der Waals surface area (Å²) in [7, 11) is 0. The zero-order chi connectivity index (χ0) is 19.3. The van der Waals surface area contributed by atoms with E-state index in [1.807, 2.05) is 12.4 Å². The smallest absolute Gasteiger partial charge is 0.0741 e. The second-order valence-electron chi connectivity index (χ2n) is 8.15. The standard InChI is InChI=1S/C26H24N2/c1-16(2)24-14-20(13-18-6-4-5-7-21(18)24)26-22-9-8-19-12-17(3)15-28-25(19)23(22)10-11-27-26/h4-7,10-16H,8-9H2,1-3H3. The first-order chi connectivity index (χ1) is 13.6. The molecule has 1 aliphatic carbocycles. The predicted octanol–water partition coefficient (Wildman–Crippen LogP) is 6.49. The van der Waals surface area contributed by atoms with Crippen molar-refractivity contribution in [1.29, 1.82) is 0 Å². The second kappa shape index (κ2) is 6.56. The predicted molar refractivity (Wildman–Crippen MR) is 117 cm³/mol. The van der Waals surface area contributed by atoms with E-state index >= 15 is 0 Å². The molecule has 0 unspecified atom stereocenters. The van der Waals surface area contributed by atoms with Crippen LogP contribution in [0.2, 0.25) is 0 Å². The third-order valence-electron chi connectivity index (χ3n) is 5.85. The third-order valence-corrected chi connectivity index (χ3v) is 5.85. The summed E-state index contributed by atoms with van der Waals surface area (Å²) in [6.45, 7) is 6.65. The van der Waals surface area contributed by atoms with Crippen LogP contribution in [0.4, 0.5) is 0 Å². The lowest BCUT2D eigenvalue weighted by molar-refractivity contribution is 0.876. The summed E-state index contributed by atoms with van der Waals surface area (Å²) >= 11 is 0. The molecular formula is C26H24N2. The number of hydrogen-bond acceptors (Lipinski definition) is 2. The first-order valence-corrected chi connectivity index (χ1v) is 10.1. The molecule has 2 heterocycles. The van der Waals surface area contributed by atoms with Crippen molar-refractivity contribution in [3.8, 4) is 22.5 Å². The molecule has 0 spiro atoms.